The molecule has 4 nitrogen and oxygen atoms in total. The van der Waals surface area contributed by atoms with Crippen LogP contribution in [0.2, 0.25) is 0 Å². The molecule has 2 aliphatic rings. The van der Waals surface area contributed by atoms with E-state index >= 15 is 0 Å². The van der Waals surface area contributed by atoms with Crippen molar-refractivity contribution < 1.29 is 4.79 Å². The Bertz CT molecular complexity index is 736. The molecule has 4 rings (SSSR count). The average Bonchev–Trinajstić information content (AvgIpc) is 3.31. The zero-order valence-corrected chi connectivity index (χ0v) is 16.3. The highest BCUT2D eigenvalue weighted by Gasteiger charge is 2.20. The number of piperazine rings is 1. The summed E-state index contributed by atoms with van der Waals surface area (Å²) in [5.74, 6) is 0.363. The van der Waals surface area contributed by atoms with Gasteiger partial charge < -0.3 is 9.80 Å². The maximum absolute atomic E-state index is 11.6. The van der Waals surface area contributed by atoms with Crippen LogP contribution in [0.5, 0.6) is 0 Å². The molecule has 1 amide bonds. The van der Waals surface area contributed by atoms with Gasteiger partial charge in [-0.05, 0) is 49.4 Å². The molecular formula is C21H29N3OS. The fraction of sp³-hybridized carbons (Fsp3) is 0.571. The lowest BCUT2D eigenvalue weighted by Crippen LogP contribution is -2.46. The summed E-state index contributed by atoms with van der Waals surface area (Å²) in [5, 5.41) is 3.60. The van der Waals surface area contributed by atoms with E-state index in [4.69, 9.17) is 0 Å². The van der Waals surface area contributed by atoms with E-state index in [9.17, 15) is 4.79 Å². The quantitative estimate of drug-likeness (QED) is 0.693. The number of hydrogen-bond acceptors (Lipinski definition) is 4. The standard InChI is InChI=1S/C21H29N3OS/c25-21-8-5-12-24(21)11-3-1-2-10-22-13-15-23(16-14-22)19-6-4-7-20-18(19)9-17-26-20/h4,6-7,9,17H,1-3,5,8,10-16H2. The van der Waals surface area contributed by atoms with Gasteiger partial charge in [0.15, 0.2) is 0 Å². The van der Waals surface area contributed by atoms with Crippen LogP contribution < -0.4 is 4.90 Å². The molecule has 2 aliphatic heterocycles. The maximum Gasteiger partial charge on any atom is 0.222 e. The van der Waals surface area contributed by atoms with Crippen molar-refractivity contribution in [2.45, 2.75) is 32.1 Å². The molecule has 0 saturated carbocycles. The molecule has 2 aromatic rings. The Kier molecular flexibility index (Phi) is 5.75. The zero-order chi connectivity index (χ0) is 17.8. The number of amides is 1. The summed E-state index contributed by atoms with van der Waals surface area (Å²) in [5.41, 5.74) is 1.40. The third-order valence-electron chi connectivity index (χ3n) is 5.76. The number of nitrogens with zero attached hydrogens (tertiary/aromatic N) is 3. The van der Waals surface area contributed by atoms with Crippen LogP contribution >= 0.6 is 11.3 Å². The molecule has 0 N–H and O–H groups in total. The van der Waals surface area contributed by atoms with Crippen molar-refractivity contribution in [1.29, 1.82) is 0 Å². The predicted molar refractivity (Wildman–Crippen MR) is 110 cm³/mol. The van der Waals surface area contributed by atoms with Crippen molar-refractivity contribution in [3.63, 3.8) is 0 Å². The first kappa shape index (κ1) is 17.8. The normalized spacial score (nSPS) is 19.0. The van der Waals surface area contributed by atoms with Gasteiger partial charge >= 0.3 is 0 Å². The fourth-order valence-corrected chi connectivity index (χ4v) is 5.03. The number of benzene rings is 1. The van der Waals surface area contributed by atoms with E-state index < -0.39 is 0 Å². The molecule has 0 spiro atoms. The molecule has 1 aromatic heterocycles. The minimum atomic E-state index is 0.363. The Morgan fingerprint density at radius 1 is 0.923 bits per heavy atom. The lowest BCUT2D eigenvalue weighted by molar-refractivity contribution is -0.127. The largest absolute Gasteiger partial charge is 0.368 e. The molecule has 0 atom stereocenters. The van der Waals surface area contributed by atoms with Crippen LogP contribution in [0.15, 0.2) is 29.6 Å². The first-order valence-electron chi connectivity index (χ1n) is 10.0. The Balaban J connectivity index is 1.17. The summed E-state index contributed by atoms with van der Waals surface area (Å²) in [6.45, 7) is 7.71. The summed E-state index contributed by atoms with van der Waals surface area (Å²) in [4.78, 5) is 18.8. The number of likely N-dealkylation sites (tertiary alicyclic amines) is 1. The van der Waals surface area contributed by atoms with Gasteiger partial charge in [-0.1, -0.05) is 12.5 Å². The van der Waals surface area contributed by atoms with Gasteiger partial charge in [0, 0.05) is 61.5 Å². The summed E-state index contributed by atoms with van der Waals surface area (Å²) < 4.78 is 1.39. The molecule has 1 aromatic carbocycles. The van der Waals surface area contributed by atoms with Gasteiger partial charge in [-0.25, -0.2) is 0 Å². The number of anilines is 1. The molecular weight excluding hydrogens is 342 g/mol. The van der Waals surface area contributed by atoms with Gasteiger partial charge in [0.25, 0.3) is 0 Å². The van der Waals surface area contributed by atoms with E-state index in [-0.39, 0.29) is 0 Å². The minimum absolute atomic E-state index is 0.363. The third-order valence-corrected chi connectivity index (χ3v) is 6.64. The van der Waals surface area contributed by atoms with Crippen LogP contribution in [0, 0.1) is 0 Å². The van der Waals surface area contributed by atoms with Gasteiger partial charge in [-0.3, -0.25) is 9.69 Å². The molecule has 2 saturated heterocycles. The molecule has 0 unspecified atom stereocenters. The summed E-state index contributed by atoms with van der Waals surface area (Å²) in [7, 11) is 0. The second kappa shape index (κ2) is 8.40. The van der Waals surface area contributed by atoms with Crippen LogP contribution in [0.1, 0.15) is 32.1 Å². The van der Waals surface area contributed by atoms with Crippen molar-refractivity contribution >= 4 is 33.0 Å². The van der Waals surface area contributed by atoms with Crippen molar-refractivity contribution in [3.05, 3.63) is 29.6 Å². The predicted octanol–water partition coefficient (Wildman–Crippen LogP) is 3.82. The molecule has 3 heterocycles. The second-order valence-electron chi connectivity index (χ2n) is 7.48. The highest BCUT2D eigenvalue weighted by atomic mass is 32.1. The van der Waals surface area contributed by atoms with Crippen LogP contribution in [0.3, 0.4) is 0 Å². The van der Waals surface area contributed by atoms with E-state index in [0.717, 1.165) is 58.5 Å². The number of carbonyl (C=O) groups is 1. The summed E-state index contributed by atoms with van der Waals surface area (Å²) in [6.07, 6.45) is 5.47. The number of carbonyl (C=O) groups excluding carboxylic acids is 1. The fourth-order valence-electron chi connectivity index (χ4n) is 4.22. The summed E-state index contributed by atoms with van der Waals surface area (Å²) in [6, 6.07) is 8.93. The van der Waals surface area contributed by atoms with Crippen LogP contribution in [0.4, 0.5) is 5.69 Å². The van der Waals surface area contributed by atoms with Crippen molar-refractivity contribution in [3.8, 4) is 0 Å². The molecule has 2 fully saturated rings. The third kappa shape index (κ3) is 4.04. The second-order valence-corrected chi connectivity index (χ2v) is 8.43. The number of thiophene rings is 1. The summed E-state index contributed by atoms with van der Waals surface area (Å²) >= 11 is 1.83. The van der Waals surface area contributed by atoms with E-state index in [1.165, 1.54) is 35.2 Å². The van der Waals surface area contributed by atoms with E-state index in [1.807, 2.05) is 16.2 Å². The van der Waals surface area contributed by atoms with Crippen molar-refractivity contribution in [1.82, 2.24) is 9.80 Å². The van der Waals surface area contributed by atoms with Crippen molar-refractivity contribution in [2.75, 3.05) is 50.7 Å². The maximum atomic E-state index is 11.6. The molecule has 0 aliphatic carbocycles. The number of rotatable bonds is 7. The molecule has 140 valence electrons. The Labute approximate surface area is 160 Å². The molecule has 26 heavy (non-hydrogen) atoms. The van der Waals surface area contributed by atoms with Gasteiger partial charge in [0.05, 0.1) is 0 Å². The Morgan fingerprint density at radius 2 is 1.77 bits per heavy atom. The first-order chi connectivity index (χ1) is 12.8. The van der Waals surface area contributed by atoms with Gasteiger partial charge in [-0.15, -0.1) is 11.3 Å². The SMILES string of the molecule is O=C1CCCN1CCCCCN1CCN(c2cccc3sccc23)CC1. The lowest BCUT2D eigenvalue weighted by atomic mass is 10.1. The smallest absolute Gasteiger partial charge is 0.222 e. The van der Waals surface area contributed by atoms with Crippen LogP contribution in [-0.4, -0.2) is 61.5 Å². The highest BCUT2D eigenvalue weighted by molar-refractivity contribution is 7.17. The van der Waals surface area contributed by atoms with Crippen LogP contribution in [-0.2, 0) is 4.79 Å². The lowest BCUT2D eigenvalue weighted by Gasteiger charge is -2.36. The number of hydrogen-bond donors (Lipinski definition) is 0. The zero-order valence-electron chi connectivity index (χ0n) is 15.5. The topological polar surface area (TPSA) is 26.8 Å². The van der Waals surface area contributed by atoms with E-state index in [1.54, 1.807) is 0 Å². The number of unbranched alkanes of at least 4 members (excludes halogenated alkanes) is 2. The molecule has 0 radical (unpaired) electrons. The Morgan fingerprint density at radius 3 is 2.58 bits per heavy atom. The van der Waals surface area contributed by atoms with Crippen molar-refractivity contribution in [2.24, 2.45) is 0 Å². The Hall–Kier alpha value is -1.59. The highest BCUT2D eigenvalue weighted by Crippen LogP contribution is 2.31. The minimum Gasteiger partial charge on any atom is -0.368 e. The van der Waals surface area contributed by atoms with E-state index in [0.29, 0.717) is 5.91 Å². The van der Waals surface area contributed by atoms with E-state index in [2.05, 4.69) is 39.4 Å². The van der Waals surface area contributed by atoms with Crippen LogP contribution in [0.25, 0.3) is 10.1 Å². The van der Waals surface area contributed by atoms with Gasteiger partial charge in [-0.2, -0.15) is 0 Å². The molecule has 0 bridgehead atoms. The molecule has 5 heteroatoms. The monoisotopic (exact) mass is 371 g/mol. The number of fused-ring (bicyclic) bond motifs is 1. The first-order valence-corrected chi connectivity index (χ1v) is 10.9. The average molecular weight is 372 g/mol. The van der Waals surface area contributed by atoms with Gasteiger partial charge in [0.2, 0.25) is 5.91 Å². The van der Waals surface area contributed by atoms with Gasteiger partial charge in [0.1, 0.15) is 0 Å².